The van der Waals surface area contributed by atoms with Crippen molar-refractivity contribution in [3.8, 4) is 11.1 Å². The first-order valence-corrected chi connectivity index (χ1v) is 13.5. The molecule has 2 aromatic carbocycles. The first-order chi connectivity index (χ1) is 20.5. The van der Waals surface area contributed by atoms with E-state index in [1.54, 1.807) is 0 Å². The summed E-state index contributed by atoms with van der Waals surface area (Å²) in [6, 6.07) is 17.4. The molecule has 4 rings (SSSR count). The van der Waals surface area contributed by atoms with Crippen LogP contribution in [0.3, 0.4) is 0 Å². The Hall–Kier alpha value is -4.69. The Labute approximate surface area is 246 Å². The van der Waals surface area contributed by atoms with Crippen molar-refractivity contribution in [3.05, 3.63) is 95.1 Å². The topological polar surface area (TPSA) is 197 Å². The molecule has 2 amide bonds. The van der Waals surface area contributed by atoms with E-state index in [2.05, 4.69) is 16.9 Å². The van der Waals surface area contributed by atoms with Crippen molar-refractivity contribution in [2.75, 3.05) is 11.9 Å². The molecule has 1 fully saturated rings. The summed E-state index contributed by atoms with van der Waals surface area (Å²) >= 11 is 0. The summed E-state index contributed by atoms with van der Waals surface area (Å²) < 4.78 is 6.53. The van der Waals surface area contributed by atoms with Crippen LogP contribution in [0.25, 0.3) is 11.1 Å². The number of carbonyl (C=O) groups excluding carboxylic acids is 2. The number of amides is 2. The Morgan fingerprint density at radius 2 is 1.74 bits per heavy atom. The van der Waals surface area contributed by atoms with Gasteiger partial charge < -0.3 is 25.4 Å². The monoisotopic (exact) mass is 591 g/mol. The number of carboxylic acids is 1. The summed E-state index contributed by atoms with van der Waals surface area (Å²) in [4.78, 5) is 53.3. The number of hydrazine groups is 1. The number of benzene rings is 2. The van der Waals surface area contributed by atoms with Gasteiger partial charge in [-0.05, 0) is 41.2 Å². The minimum absolute atomic E-state index is 0.0213. The van der Waals surface area contributed by atoms with E-state index in [4.69, 9.17) is 10.6 Å². The second-order valence-corrected chi connectivity index (χ2v) is 10.1. The molecule has 6 N–H and O–H groups in total. The summed E-state index contributed by atoms with van der Waals surface area (Å²) in [5.74, 6) is 2.43. The predicted octanol–water partition coefficient (Wildman–Crippen LogP) is 1.43. The number of nitrogens with zero attached hydrogens (tertiary/aromatic N) is 3. The van der Waals surface area contributed by atoms with E-state index in [1.807, 2.05) is 54.6 Å². The highest BCUT2D eigenvalue weighted by atomic mass is 16.5. The fourth-order valence-corrected chi connectivity index (χ4v) is 4.69. The van der Waals surface area contributed by atoms with Gasteiger partial charge in [-0.2, -0.15) is 4.98 Å². The summed E-state index contributed by atoms with van der Waals surface area (Å²) in [5, 5.41) is 31.5. The zero-order valence-electron chi connectivity index (χ0n) is 23.2. The van der Waals surface area contributed by atoms with Gasteiger partial charge in [0.25, 0.3) is 0 Å². The Bertz CT molecular complexity index is 1520. The highest BCUT2D eigenvalue weighted by molar-refractivity contribution is 5.90. The van der Waals surface area contributed by atoms with Crippen molar-refractivity contribution >= 4 is 23.6 Å². The van der Waals surface area contributed by atoms with Crippen molar-refractivity contribution in [1.29, 1.82) is 0 Å². The van der Waals surface area contributed by atoms with Gasteiger partial charge >= 0.3 is 11.7 Å². The van der Waals surface area contributed by atoms with E-state index in [0.717, 1.165) is 21.3 Å². The van der Waals surface area contributed by atoms with Crippen LogP contribution in [0.4, 0.5) is 5.82 Å². The lowest BCUT2D eigenvalue weighted by Crippen LogP contribution is -2.50. The van der Waals surface area contributed by atoms with Gasteiger partial charge in [0.2, 0.25) is 11.8 Å². The largest absolute Gasteiger partial charge is 0.480 e. The summed E-state index contributed by atoms with van der Waals surface area (Å²) in [6.07, 6.45) is -1.59. The molecule has 3 atom stereocenters. The number of nitrogens with one attached hydrogen (secondary N) is 1. The van der Waals surface area contributed by atoms with E-state index in [-0.39, 0.29) is 37.3 Å². The van der Waals surface area contributed by atoms with Crippen molar-refractivity contribution in [2.45, 2.75) is 44.2 Å². The van der Waals surface area contributed by atoms with E-state index >= 15 is 0 Å². The van der Waals surface area contributed by atoms with Gasteiger partial charge in [0.1, 0.15) is 11.9 Å². The molecule has 43 heavy (non-hydrogen) atoms. The SMILES string of the molecule is C=C1C(n2ccc(NC(=O)CC[C@@H](C(=O)O)N(N)C(=O)CCc3ccc(-c4ccccc4)cc3)nc2=O)OC[C@H]1C(O)O. The normalized spacial score (nSPS) is 17.1. The van der Waals surface area contributed by atoms with Crippen LogP contribution in [0.15, 0.2) is 83.8 Å². The Kier molecular flexibility index (Phi) is 10.2. The number of carbonyl (C=O) groups is 3. The van der Waals surface area contributed by atoms with Crippen LogP contribution >= 0.6 is 0 Å². The molecule has 1 aromatic heterocycles. The fraction of sp³-hybridized carbons (Fsp3) is 0.300. The second kappa shape index (κ2) is 14.0. The lowest BCUT2D eigenvalue weighted by atomic mass is 10.0. The van der Waals surface area contributed by atoms with Crippen molar-refractivity contribution < 1.29 is 34.4 Å². The minimum atomic E-state index is -1.69. The van der Waals surface area contributed by atoms with Crippen LogP contribution < -0.4 is 16.8 Å². The molecule has 226 valence electrons. The zero-order chi connectivity index (χ0) is 31.1. The third kappa shape index (κ3) is 7.78. The van der Waals surface area contributed by atoms with Crippen molar-refractivity contribution in [2.24, 2.45) is 11.8 Å². The lowest BCUT2D eigenvalue weighted by Gasteiger charge is -2.24. The summed E-state index contributed by atoms with van der Waals surface area (Å²) in [6.45, 7) is 3.72. The molecule has 13 nitrogen and oxygen atoms in total. The molecular formula is C30H33N5O8. The number of hydrogen-bond donors (Lipinski definition) is 5. The predicted molar refractivity (Wildman–Crippen MR) is 155 cm³/mol. The van der Waals surface area contributed by atoms with Crippen LogP contribution in [0.2, 0.25) is 0 Å². The van der Waals surface area contributed by atoms with Crippen LogP contribution in [0.5, 0.6) is 0 Å². The van der Waals surface area contributed by atoms with Gasteiger partial charge in [-0.3, -0.25) is 19.2 Å². The number of nitrogens with two attached hydrogens (primary N) is 1. The van der Waals surface area contributed by atoms with Gasteiger partial charge in [0.15, 0.2) is 12.5 Å². The zero-order valence-corrected chi connectivity index (χ0v) is 23.2. The van der Waals surface area contributed by atoms with E-state index < -0.39 is 48.0 Å². The van der Waals surface area contributed by atoms with Crippen molar-refractivity contribution in [1.82, 2.24) is 14.6 Å². The molecule has 1 saturated heterocycles. The lowest BCUT2D eigenvalue weighted by molar-refractivity contribution is -0.151. The number of carboxylic acid groups (broad SMARTS) is 1. The quantitative estimate of drug-likeness (QED) is 0.0675. The number of rotatable bonds is 12. The maximum absolute atomic E-state index is 12.7. The summed E-state index contributed by atoms with van der Waals surface area (Å²) in [7, 11) is 0. The molecule has 0 saturated carbocycles. The average molecular weight is 592 g/mol. The van der Waals surface area contributed by atoms with Crippen LogP contribution in [-0.2, 0) is 25.5 Å². The Morgan fingerprint density at radius 1 is 1.07 bits per heavy atom. The molecule has 1 unspecified atom stereocenters. The van der Waals surface area contributed by atoms with E-state index in [9.17, 15) is 34.5 Å². The fourth-order valence-electron chi connectivity index (χ4n) is 4.69. The molecule has 3 aromatic rings. The number of aryl methyl sites for hydroxylation is 1. The number of aliphatic carboxylic acids is 1. The average Bonchev–Trinajstić information content (AvgIpc) is 3.37. The number of hydrogen-bond acceptors (Lipinski definition) is 9. The van der Waals surface area contributed by atoms with Crippen LogP contribution in [-0.4, -0.2) is 66.6 Å². The Morgan fingerprint density at radius 3 is 2.35 bits per heavy atom. The highest BCUT2D eigenvalue weighted by Crippen LogP contribution is 2.33. The number of ether oxygens (including phenoxy) is 1. The standard InChI is InChI=1S/C30H33N5O8/c1-18-22(28(38)39)17-43-27(18)34-16-15-24(33-30(34)42)32-25(36)13-12-23(29(40)41)35(31)26(37)14-9-19-7-10-21(11-8-19)20-5-3-2-4-6-20/h2-8,10-11,15-16,22-23,27-28,38-39H,1,9,12-14,17,31H2,(H,40,41)(H,32,33,36,42)/t22-,23+,27?/m1/s1. The van der Waals surface area contributed by atoms with Gasteiger partial charge in [0, 0.05) is 19.0 Å². The first-order valence-electron chi connectivity index (χ1n) is 13.5. The van der Waals surface area contributed by atoms with Crippen molar-refractivity contribution in [3.63, 3.8) is 0 Å². The Balaban J connectivity index is 1.28. The van der Waals surface area contributed by atoms with Crippen LogP contribution in [0.1, 0.15) is 31.1 Å². The third-order valence-corrected chi connectivity index (χ3v) is 7.18. The molecule has 2 heterocycles. The third-order valence-electron chi connectivity index (χ3n) is 7.18. The molecule has 1 aliphatic rings. The minimum Gasteiger partial charge on any atom is -0.480 e. The van der Waals surface area contributed by atoms with E-state index in [0.29, 0.717) is 11.4 Å². The van der Waals surface area contributed by atoms with E-state index in [1.165, 1.54) is 12.3 Å². The molecule has 13 heteroatoms. The van der Waals surface area contributed by atoms with Gasteiger partial charge in [0.05, 0.1) is 12.5 Å². The molecule has 1 aliphatic heterocycles. The first kappa shape index (κ1) is 31.3. The molecule has 0 bridgehead atoms. The number of aliphatic hydroxyl groups is 2. The van der Waals surface area contributed by atoms with Gasteiger partial charge in [-0.25, -0.2) is 15.4 Å². The highest BCUT2D eigenvalue weighted by Gasteiger charge is 2.35. The number of anilines is 1. The maximum atomic E-state index is 12.7. The van der Waals surface area contributed by atoms with Gasteiger partial charge in [-0.1, -0.05) is 61.2 Å². The number of aliphatic hydroxyl groups excluding tert-OH is 1. The smallest absolute Gasteiger partial charge is 0.351 e. The molecule has 0 radical (unpaired) electrons. The second-order valence-electron chi connectivity index (χ2n) is 10.1. The number of aromatic nitrogens is 2. The molecule has 0 aliphatic carbocycles. The molecular weight excluding hydrogens is 558 g/mol. The van der Waals surface area contributed by atoms with Crippen LogP contribution in [0, 0.1) is 5.92 Å². The maximum Gasteiger partial charge on any atom is 0.351 e. The molecule has 0 spiro atoms. The van der Waals surface area contributed by atoms with Gasteiger partial charge in [-0.15, -0.1) is 0 Å². The summed E-state index contributed by atoms with van der Waals surface area (Å²) in [5.41, 5.74) is 2.49.